The highest BCUT2D eigenvalue weighted by Crippen LogP contribution is 2.46. The highest BCUT2D eigenvalue weighted by molar-refractivity contribution is 5.97. The van der Waals surface area contributed by atoms with Crippen molar-refractivity contribution in [1.29, 1.82) is 0 Å². The Kier molecular flexibility index (Phi) is 12.5. The third-order valence-corrected chi connectivity index (χ3v) is 9.26. The van der Waals surface area contributed by atoms with Crippen molar-refractivity contribution in [1.82, 2.24) is 30.7 Å². The average Bonchev–Trinajstić information content (AvgIpc) is 3.71. The molecule has 2 heterocycles. The fourth-order valence-electron chi connectivity index (χ4n) is 6.41. The van der Waals surface area contributed by atoms with Crippen molar-refractivity contribution in [2.75, 3.05) is 47.4 Å². The van der Waals surface area contributed by atoms with Crippen LogP contribution < -0.4 is 25.4 Å². The van der Waals surface area contributed by atoms with Crippen LogP contribution in [0.5, 0.6) is 11.5 Å². The van der Waals surface area contributed by atoms with E-state index in [2.05, 4.69) is 22.5 Å². The first kappa shape index (κ1) is 38.5. The van der Waals surface area contributed by atoms with E-state index in [1.807, 2.05) is 61.5 Å². The number of fused-ring (bicyclic) bond motifs is 1. The Hall–Kier alpha value is -5.76. The molecule has 5 rings (SSSR count). The van der Waals surface area contributed by atoms with Gasteiger partial charge in [0.15, 0.2) is 0 Å². The summed E-state index contributed by atoms with van der Waals surface area (Å²) in [6, 6.07) is 14.5. The number of aromatic nitrogens is 1. The molecule has 1 saturated heterocycles. The number of likely N-dealkylation sites (N-methyl/N-ethyl adjacent to an activating group) is 1. The van der Waals surface area contributed by atoms with Crippen molar-refractivity contribution >= 4 is 41.0 Å². The van der Waals surface area contributed by atoms with Crippen LogP contribution in [0.3, 0.4) is 0 Å². The van der Waals surface area contributed by atoms with E-state index in [9.17, 15) is 24.0 Å². The average molecular weight is 727 g/mol. The predicted molar refractivity (Wildman–Crippen MR) is 198 cm³/mol. The maximum absolute atomic E-state index is 14.2. The largest absolute Gasteiger partial charge is 0.497 e. The van der Waals surface area contributed by atoms with Gasteiger partial charge in [0.2, 0.25) is 24.1 Å². The molecule has 2 aliphatic rings. The summed E-state index contributed by atoms with van der Waals surface area (Å²) >= 11 is 0. The Labute approximate surface area is 308 Å². The lowest BCUT2D eigenvalue weighted by Crippen LogP contribution is -2.57. The van der Waals surface area contributed by atoms with E-state index in [0.717, 1.165) is 5.56 Å². The molecular formula is C39H46N6O8. The molecule has 3 N–H and O–H groups in total. The molecule has 0 spiro atoms. The zero-order valence-electron chi connectivity index (χ0n) is 30.4. The van der Waals surface area contributed by atoms with E-state index < -0.39 is 47.4 Å². The lowest BCUT2D eigenvalue weighted by Gasteiger charge is -2.29. The van der Waals surface area contributed by atoms with E-state index >= 15 is 0 Å². The van der Waals surface area contributed by atoms with E-state index in [4.69, 9.17) is 19.2 Å². The second-order valence-corrected chi connectivity index (χ2v) is 13.2. The van der Waals surface area contributed by atoms with Crippen LogP contribution in [-0.4, -0.2) is 116 Å². The number of hydrogen-bond acceptors (Lipinski definition) is 10. The van der Waals surface area contributed by atoms with Crippen molar-refractivity contribution in [2.24, 2.45) is 5.92 Å². The number of carbonyl (C=O) groups excluding carboxylic acids is 5. The molecule has 53 heavy (non-hydrogen) atoms. The third kappa shape index (κ3) is 9.01. The van der Waals surface area contributed by atoms with E-state index in [1.54, 1.807) is 38.3 Å². The van der Waals surface area contributed by atoms with Crippen LogP contribution in [0.4, 0.5) is 0 Å². The van der Waals surface area contributed by atoms with Gasteiger partial charge in [-0.3, -0.25) is 19.2 Å². The second-order valence-electron chi connectivity index (χ2n) is 13.2. The van der Waals surface area contributed by atoms with Crippen LogP contribution in [0.15, 0.2) is 79.4 Å². The number of pyridine rings is 1. The van der Waals surface area contributed by atoms with E-state index in [0.29, 0.717) is 47.5 Å². The number of nitrogens with zero attached hydrogens (tertiary/aromatic N) is 3. The van der Waals surface area contributed by atoms with Gasteiger partial charge in [0.1, 0.15) is 35.2 Å². The Balaban J connectivity index is 1.45. The minimum Gasteiger partial charge on any atom is -0.497 e. The number of methoxy groups -OCH3 is 1. The molecule has 280 valence electrons. The zero-order valence-corrected chi connectivity index (χ0v) is 30.4. The van der Waals surface area contributed by atoms with E-state index in [1.165, 1.54) is 11.0 Å². The van der Waals surface area contributed by atoms with Gasteiger partial charge in [-0.2, -0.15) is 0 Å². The Morgan fingerprint density at radius 3 is 2.57 bits per heavy atom. The molecular weight excluding hydrogens is 680 g/mol. The van der Waals surface area contributed by atoms with Gasteiger partial charge >= 0.3 is 5.97 Å². The monoisotopic (exact) mass is 726 g/mol. The second kappa shape index (κ2) is 17.2. The summed E-state index contributed by atoms with van der Waals surface area (Å²) < 4.78 is 17.4. The summed E-state index contributed by atoms with van der Waals surface area (Å²) in [5, 5.41) is 8.68. The van der Waals surface area contributed by atoms with Gasteiger partial charge in [-0.25, -0.2) is 9.78 Å². The van der Waals surface area contributed by atoms with Crippen LogP contribution in [0.2, 0.25) is 0 Å². The predicted octanol–water partition coefficient (Wildman–Crippen LogP) is 2.23. The van der Waals surface area contributed by atoms with E-state index in [-0.39, 0.29) is 32.0 Å². The molecule has 0 bridgehead atoms. The van der Waals surface area contributed by atoms with Gasteiger partial charge in [-0.15, -0.1) is 6.58 Å². The minimum absolute atomic E-state index is 0.0391. The first-order chi connectivity index (χ1) is 25.5. The van der Waals surface area contributed by atoms with Crippen LogP contribution >= 0.6 is 0 Å². The number of amides is 4. The summed E-state index contributed by atoms with van der Waals surface area (Å²) in [6.07, 6.45) is 4.64. The SMILES string of the molecule is C=C[C@@H]1C[C@]1(NC(=O)[C@@H]1C[C@@H](Oc2cc(-c3ccccc3)nc3cc(OC)ccc23)CN1C(=O)[C@H](CNC(=O)/C=C/CN(C)C)NC=O)C(=O)OCC. The van der Waals surface area contributed by atoms with Crippen molar-refractivity contribution < 1.29 is 38.2 Å². The van der Waals surface area contributed by atoms with Gasteiger partial charge in [-0.05, 0) is 39.6 Å². The molecule has 3 aromatic rings. The molecule has 0 radical (unpaired) electrons. The molecule has 14 heteroatoms. The normalized spacial score (nSPS) is 21.2. The number of rotatable bonds is 17. The quantitative estimate of drug-likeness (QED) is 0.0813. The number of ether oxygens (including phenoxy) is 3. The standard InChI is InChI=1S/C39H46N6O8/c1-6-26-21-39(26,38(50)52-7-2)43-36(48)33-19-28(23-45(33)37(49)32(41-24-46)22-40-35(47)14-11-17-44(3)4)53-34-20-30(25-12-9-8-10-13-25)42-31-18-27(51-5)15-16-29(31)34/h6,8-16,18,20,24,26,28,32-33H,1,7,17,19,21-23H2,2-5H3,(H,40,47)(H,41,46)(H,43,48)/b14-11+/t26-,28-,32+,33+,39-/m1/s1. The highest BCUT2D eigenvalue weighted by Gasteiger charge is 2.62. The fraction of sp³-hybridized carbons (Fsp3) is 0.385. The topological polar surface area (TPSA) is 168 Å². The summed E-state index contributed by atoms with van der Waals surface area (Å²) in [5.41, 5.74) is 0.815. The molecule has 0 unspecified atom stereocenters. The molecule has 14 nitrogen and oxygen atoms in total. The first-order valence-electron chi connectivity index (χ1n) is 17.4. The van der Waals surface area contributed by atoms with Crippen LogP contribution in [0, 0.1) is 5.92 Å². The smallest absolute Gasteiger partial charge is 0.332 e. The summed E-state index contributed by atoms with van der Waals surface area (Å²) in [5.74, 6) is -1.50. The number of nitrogens with one attached hydrogen (secondary N) is 3. The van der Waals surface area contributed by atoms with Crippen LogP contribution in [0.25, 0.3) is 22.2 Å². The maximum atomic E-state index is 14.2. The van der Waals surface area contributed by atoms with Crippen molar-refractivity contribution in [3.8, 4) is 22.8 Å². The third-order valence-electron chi connectivity index (χ3n) is 9.26. The van der Waals surface area contributed by atoms with Crippen molar-refractivity contribution in [3.05, 3.63) is 79.4 Å². The Morgan fingerprint density at radius 1 is 1.13 bits per heavy atom. The molecule has 1 aliphatic carbocycles. The number of esters is 1. The van der Waals surface area contributed by atoms with Crippen LogP contribution in [-0.2, 0) is 28.7 Å². The lowest BCUT2D eigenvalue weighted by molar-refractivity contribution is -0.150. The van der Waals surface area contributed by atoms with Crippen LogP contribution in [0.1, 0.15) is 19.8 Å². The van der Waals surface area contributed by atoms with Gasteiger partial charge in [0, 0.05) is 54.6 Å². The number of carbonyl (C=O) groups is 5. The number of benzene rings is 2. The highest BCUT2D eigenvalue weighted by atomic mass is 16.5. The first-order valence-corrected chi connectivity index (χ1v) is 17.4. The molecule has 5 atom stereocenters. The van der Waals surface area contributed by atoms with Crippen molar-refractivity contribution in [3.63, 3.8) is 0 Å². The van der Waals surface area contributed by atoms with Gasteiger partial charge in [0.05, 0.1) is 31.5 Å². The summed E-state index contributed by atoms with van der Waals surface area (Å²) in [7, 11) is 5.28. The summed E-state index contributed by atoms with van der Waals surface area (Å²) in [4.78, 5) is 73.6. The molecule has 4 amide bonds. The number of hydrogen-bond donors (Lipinski definition) is 3. The van der Waals surface area contributed by atoms with Gasteiger partial charge < -0.3 is 40.0 Å². The fourth-order valence-corrected chi connectivity index (χ4v) is 6.41. The van der Waals surface area contributed by atoms with Gasteiger partial charge in [0.25, 0.3) is 0 Å². The number of likely N-dealkylation sites (tertiary alicyclic amines) is 1. The molecule has 1 aliphatic heterocycles. The van der Waals surface area contributed by atoms with Crippen molar-refractivity contribution in [2.45, 2.75) is 43.5 Å². The molecule has 2 fully saturated rings. The Bertz CT molecular complexity index is 1870. The zero-order chi connectivity index (χ0) is 38.1. The molecule has 1 saturated carbocycles. The Morgan fingerprint density at radius 2 is 1.91 bits per heavy atom. The molecule has 2 aromatic carbocycles. The maximum Gasteiger partial charge on any atom is 0.332 e. The molecule has 1 aromatic heterocycles. The summed E-state index contributed by atoms with van der Waals surface area (Å²) in [6.45, 7) is 5.85. The lowest BCUT2D eigenvalue weighted by atomic mass is 10.1. The van der Waals surface area contributed by atoms with Gasteiger partial charge in [-0.1, -0.05) is 42.5 Å². The minimum atomic E-state index is -1.30.